The van der Waals surface area contributed by atoms with E-state index >= 15 is 0 Å². The number of aromatic nitrogens is 2. The number of carbonyl (C=O) groups excluding carboxylic acids is 2. The number of amides is 3. The van der Waals surface area contributed by atoms with Crippen molar-refractivity contribution in [3.8, 4) is 11.6 Å². The van der Waals surface area contributed by atoms with Crippen molar-refractivity contribution in [1.29, 1.82) is 0 Å². The standard InChI is InChI=1S/C27H30FN7O3/c1-18(36)31-25-15-26(30-17-29-25)38-22-4-6-24-19(14-22)7-8-35(24)27(37)32-21-3-5-23(20(13-21)16-28)34-11-9-33(2)10-12-34/h3-6,13-15,17H,7-12,16H2,1-2H3,(H,32,37)(H,29,30,31,36). The number of nitrogens with zero attached hydrogens (tertiary/aromatic N) is 5. The highest BCUT2D eigenvalue weighted by Gasteiger charge is 2.26. The Morgan fingerprint density at radius 3 is 2.53 bits per heavy atom. The molecule has 2 aliphatic rings. The normalized spacial score (nSPS) is 15.2. The summed E-state index contributed by atoms with van der Waals surface area (Å²) in [5, 5.41) is 5.52. The Kier molecular flexibility index (Phi) is 7.36. The van der Waals surface area contributed by atoms with Crippen LogP contribution in [-0.4, -0.2) is 66.6 Å². The minimum Gasteiger partial charge on any atom is -0.439 e. The van der Waals surface area contributed by atoms with Crippen LogP contribution in [0.4, 0.5) is 32.1 Å². The zero-order chi connectivity index (χ0) is 26.6. The predicted molar refractivity (Wildman–Crippen MR) is 144 cm³/mol. The van der Waals surface area contributed by atoms with Gasteiger partial charge in [-0.25, -0.2) is 19.2 Å². The Hall–Kier alpha value is -4.25. The molecule has 0 atom stereocenters. The number of benzene rings is 2. The van der Waals surface area contributed by atoms with E-state index < -0.39 is 6.67 Å². The van der Waals surface area contributed by atoms with Crippen molar-refractivity contribution < 1.29 is 18.7 Å². The summed E-state index contributed by atoms with van der Waals surface area (Å²) in [5.74, 6) is 0.960. The molecule has 38 heavy (non-hydrogen) atoms. The van der Waals surface area contributed by atoms with Crippen LogP contribution in [-0.2, 0) is 17.9 Å². The molecule has 2 N–H and O–H groups in total. The molecular formula is C27H30FN7O3. The molecule has 2 aliphatic heterocycles. The Labute approximate surface area is 220 Å². The van der Waals surface area contributed by atoms with Gasteiger partial charge in [-0.15, -0.1) is 0 Å². The van der Waals surface area contributed by atoms with Gasteiger partial charge in [0.15, 0.2) is 0 Å². The zero-order valence-corrected chi connectivity index (χ0v) is 21.4. The van der Waals surface area contributed by atoms with E-state index in [2.05, 4.69) is 37.4 Å². The lowest BCUT2D eigenvalue weighted by atomic mass is 10.1. The van der Waals surface area contributed by atoms with Crippen molar-refractivity contribution in [1.82, 2.24) is 14.9 Å². The van der Waals surface area contributed by atoms with Gasteiger partial charge in [0.05, 0.1) is 0 Å². The Bertz CT molecular complexity index is 1340. The van der Waals surface area contributed by atoms with Gasteiger partial charge >= 0.3 is 6.03 Å². The molecule has 11 heteroatoms. The fraction of sp³-hybridized carbons (Fsp3) is 0.333. The van der Waals surface area contributed by atoms with Crippen LogP contribution < -0.4 is 25.2 Å². The monoisotopic (exact) mass is 519 g/mol. The summed E-state index contributed by atoms with van der Waals surface area (Å²) in [6.07, 6.45) is 1.98. The maximum Gasteiger partial charge on any atom is 0.326 e. The molecule has 3 aromatic rings. The summed E-state index contributed by atoms with van der Waals surface area (Å²) in [4.78, 5) is 38.6. The molecular weight excluding hydrogens is 489 g/mol. The molecule has 198 valence electrons. The molecule has 0 bridgehead atoms. The molecule has 0 radical (unpaired) electrons. The number of likely N-dealkylation sites (N-methyl/N-ethyl adjacent to an activating group) is 1. The molecule has 1 aromatic heterocycles. The number of halogens is 1. The first-order chi connectivity index (χ1) is 18.4. The van der Waals surface area contributed by atoms with Crippen LogP contribution in [0.2, 0.25) is 0 Å². The van der Waals surface area contributed by atoms with E-state index in [9.17, 15) is 14.0 Å². The summed E-state index contributed by atoms with van der Waals surface area (Å²) < 4.78 is 19.8. The van der Waals surface area contributed by atoms with E-state index in [1.807, 2.05) is 24.3 Å². The molecule has 0 aliphatic carbocycles. The molecule has 2 aromatic carbocycles. The fourth-order valence-corrected chi connectivity index (χ4v) is 4.73. The SMILES string of the molecule is CC(=O)Nc1cc(Oc2ccc3c(c2)CCN3C(=O)Nc2ccc(N3CCN(C)CC3)c(CF)c2)ncn1. The van der Waals surface area contributed by atoms with Crippen molar-refractivity contribution in [2.24, 2.45) is 0 Å². The number of hydrogen-bond acceptors (Lipinski definition) is 7. The smallest absolute Gasteiger partial charge is 0.326 e. The van der Waals surface area contributed by atoms with E-state index in [0.29, 0.717) is 41.7 Å². The van der Waals surface area contributed by atoms with Crippen LogP contribution in [0.25, 0.3) is 0 Å². The largest absolute Gasteiger partial charge is 0.439 e. The van der Waals surface area contributed by atoms with Gasteiger partial charge in [-0.2, -0.15) is 0 Å². The average Bonchev–Trinajstić information content (AvgIpc) is 3.32. The fourth-order valence-electron chi connectivity index (χ4n) is 4.73. The topological polar surface area (TPSA) is 103 Å². The van der Waals surface area contributed by atoms with Crippen molar-refractivity contribution in [3.63, 3.8) is 0 Å². The molecule has 0 spiro atoms. The first-order valence-corrected chi connectivity index (χ1v) is 12.5. The van der Waals surface area contributed by atoms with E-state index in [0.717, 1.165) is 43.1 Å². The molecule has 1 saturated heterocycles. The Morgan fingerprint density at radius 1 is 0.974 bits per heavy atom. The highest BCUT2D eigenvalue weighted by molar-refractivity contribution is 6.03. The van der Waals surface area contributed by atoms with Gasteiger partial charge in [0.1, 0.15) is 24.6 Å². The van der Waals surface area contributed by atoms with Gasteiger partial charge in [0.2, 0.25) is 11.8 Å². The third kappa shape index (κ3) is 5.67. The minimum atomic E-state index is -0.598. The average molecular weight is 520 g/mol. The number of rotatable bonds is 6. The summed E-state index contributed by atoms with van der Waals surface area (Å²) in [5.41, 5.74) is 3.76. The number of nitrogens with one attached hydrogen (secondary N) is 2. The van der Waals surface area contributed by atoms with E-state index in [-0.39, 0.29) is 11.9 Å². The minimum absolute atomic E-state index is 0.238. The summed E-state index contributed by atoms with van der Waals surface area (Å²) in [7, 11) is 2.08. The number of ether oxygens (including phenoxy) is 1. The van der Waals surface area contributed by atoms with Crippen LogP contribution in [0.1, 0.15) is 18.1 Å². The van der Waals surface area contributed by atoms with Gasteiger partial charge in [-0.1, -0.05) is 0 Å². The number of carbonyl (C=O) groups is 2. The Balaban J connectivity index is 1.25. The first kappa shape index (κ1) is 25.4. The van der Waals surface area contributed by atoms with Crippen LogP contribution in [0, 0.1) is 0 Å². The number of hydrogen-bond donors (Lipinski definition) is 2. The van der Waals surface area contributed by atoms with Crippen LogP contribution in [0.3, 0.4) is 0 Å². The van der Waals surface area contributed by atoms with E-state index in [4.69, 9.17) is 4.74 Å². The molecule has 1 fully saturated rings. The summed E-state index contributed by atoms with van der Waals surface area (Å²) in [6, 6.07) is 12.2. The van der Waals surface area contributed by atoms with Crippen molar-refractivity contribution in [2.45, 2.75) is 20.0 Å². The maximum absolute atomic E-state index is 13.9. The predicted octanol–water partition coefficient (Wildman–Crippen LogP) is 4.04. The number of anilines is 4. The zero-order valence-electron chi connectivity index (χ0n) is 21.4. The van der Waals surface area contributed by atoms with Crippen molar-refractivity contribution in [3.05, 3.63) is 59.9 Å². The molecule has 3 amide bonds. The second kappa shape index (κ2) is 11.0. The van der Waals surface area contributed by atoms with Gasteiger partial charge < -0.3 is 25.2 Å². The van der Waals surface area contributed by atoms with E-state index in [1.165, 1.54) is 19.3 Å². The highest BCUT2D eigenvalue weighted by Crippen LogP contribution is 2.34. The molecule has 3 heterocycles. The second-order valence-corrected chi connectivity index (χ2v) is 9.41. The summed E-state index contributed by atoms with van der Waals surface area (Å²) in [6.45, 7) is 4.87. The quantitative estimate of drug-likeness (QED) is 0.507. The lowest BCUT2D eigenvalue weighted by Gasteiger charge is -2.35. The first-order valence-electron chi connectivity index (χ1n) is 12.5. The van der Waals surface area contributed by atoms with Gasteiger partial charge in [0.25, 0.3) is 0 Å². The molecule has 5 rings (SSSR count). The molecule has 10 nitrogen and oxygen atoms in total. The number of piperazine rings is 1. The van der Waals surface area contributed by atoms with Crippen molar-refractivity contribution >= 4 is 34.8 Å². The highest BCUT2D eigenvalue weighted by atomic mass is 19.1. The van der Waals surface area contributed by atoms with E-state index in [1.54, 1.807) is 17.0 Å². The molecule has 0 unspecified atom stereocenters. The molecule has 0 saturated carbocycles. The van der Waals surface area contributed by atoms with Gasteiger partial charge in [-0.3, -0.25) is 9.69 Å². The Morgan fingerprint density at radius 2 is 1.76 bits per heavy atom. The van der Waals surface area contributed by atoms with Gasteiger partial charge in [-0.05, 0) is 55.4 Å². The van der Waals surface area contributed by atoms with Gasteiger partial charge in [0, 0.05) is 68.3 Å². The lowest BCUT2D eigenvalue weighted by Crippen LogP contribution is -2.44. The van der Waals surface area contributed by atoms with Crippen LogP contribution in [0.5, 0.6) is 11.6 Å². The second-order valence-electron chi connectivity index (χ2n) is 9.41. The van der Waals surface area contributed by atoms with Crippen LogP contribution in [0.15, 0.2) is 48.8 Å². The third-order valence-electron chi connectivity index (χ3n) is 6.68. The summed E-state index contributed by atoms with van der Waals surface area (Å²) >= 11 is 0. The number of urea groups is 1. The number of fused-ring (bicyclic) bond motifs is 1. The lowest BCUT2D eigenvalue weighted by molar-refractivity contribution is -0.114. The van der Waals surface area contributed by atoms with Crippen LogP contribution >= 0.6 is 0 Å². The third-order valence-corrected chi connectivity index (χ3v) is 6.68. The number of alkyl halides is 1. The maximum atomic E-state index is 13.9. The van der Waals surface area contributed by atoms with Crippen molar-refractivity contribution in [2.75, 3.05) is 60.2 Å².